The van der Waals surface area contributed by atoms with Gasteiger partial charge in [0.2, 0.25) is 15.6 Å². The highest BCUT2D eigenvalue weighted by molar-refractivity contribution is 14.1. The third kappa shape index (κ3) is 5.14. The van der Waals surface area contributed by atoms with Crippen molar-refractivity contribution in [1.82, 2.24) is 9.80 Å². The molecule has 0 radical (unpaired) electrons. The Kier molecular flexibility index (Phi) is 7.76. The number of carbonyl (C=O) groups is 3. The van der Waals surface area contributed by atoms with Gasteiger partial charge in [-0.15, -0.1) is 0 Å². The Morgan fingerprint density at radius 3 is 2.45 bits per heavy atom. The van der Waals surface area contributed by atoms with E-state index in [2.05, 4.69) is 4.90 Å². The Bertz CT molecular complexity index is 1430. The van der Waals surface area contributed by atoms with Gasteiger partial charge < -0.3 is 4.90 Å². The molecule has 5 rings (SSSR count). The first kappa shape index (κ1) is 28.3. The molecule has 3 unspecified atom stereocenters. The predicted molar refractivity (Wildman–Crippen MR) is 149 cm³/mol. The SMILES string of the molecule is CC1=C(C(=O)I)C(c2ccc(C#N)cc2)C(C(=O)N2CCN3CCCC3C2)C(=O)N1c1cccc(C(F)(F)F)c1. The molecule has 2 fully saturated rings. The topological polar surface area (TPSA) is 84.7 Å². The van der Waals surface area contributed by atoms with Crippen LogP contribution < -0.4 is 4.90 Å². The second-order valence-corrected chi connectivity index (χ2v) is 11.3. The lowest BCUT2D eigenvalue weighted by atomic mass is 9.75. The van der Waals surface area contributed by atoms with Crippen LogP contribution in [0.25, 0.3) is 0 Å². The van der Waals surface area contributed by atoms with Gasteiger partial charge >= 0.3 is 6.18 Å². The van der Waals surface area contributed by atoms with Crippen LogP contribution in [0.5, 0.6) is 0 Å². The van der Waals surface area contributed by atoms with Crippen LogP contribution in [0.4, 0.5) is 18.9 Å². The second kappa shape index (κ2) is 11.0. The van der Waals surface area contributed by atoms with Crippen molar-refractivity contribution >= 4 is 43.9 Å². The summed E-state index contributed by atoms with van der Waals surface area (Å²) in [7, 11) is 0. The Morgan fingerprint density at radius 1 is 1.07 bits per heavy atom. The summed E-state index contributed by atoms with van der Waals surface area (Å²) in [6.07, 6.45) is -2.68. The molecule has 2 amide bonds. The molecular weight excluding hydrogens is 636 g/mol. The number of hydrogen-bond donors (Lipinski definition) is 0. The van der Waals surface area contributed by atoms with E-state index < -0.39 is 39.2 Å². The van der Waals surface area contributed by atoms with E-state index in [-0.39, 0.29) is 23.0 Å². The molecule has 2 saturated heterocycles. The summed E-state index contributed by atoms with van der Waals surface area (Å²) in [5.41, 5.74) is 0.211. The lowest BCUT2D eigenvalue weighted by Gasteiger charge is -2.43. The summed E-state index contributed by atoms with van der Waals surface area (Å²) < 4.78 is 40.3. The van der Waals surface area contributed by atoms with Gasteiger partial charge in [0.25, 0.3) is 0 Å². The van der Waals surface area contributed by atoms with Gasteiger partial charge in [0.05, 0.1) is 17.2 Å². The first-order chi connectivity index (χ1) is 19.0. The number of nitrogens with zero attached hydrogens (tertiary/aromatic N) is 4. The molecule has 2 aromatic rings. The maximum absolute atomic E-state index is 14.3. The molecule has 3 aliphatic rings. The fourth-order valence-corrected chi connectivity index (χ4v) is 6.85. The quantitative estimate of drug-likeness (QED) is 0.265. The number of carbonyl (C=O) groups excluding carboxylic acids is 3. The number of anilines is 1. The van der Waals surface area contributed by atoms with Crippen LogP contribution in [0, 0.1) is 17.2 Å². The zero-order valence-electron chi connectivity index (χ0n) is 21.6. The van der Waals surface area contributed by atoms with Gasteiger partial charge in [0.1, 0.15) is 5.92 Å². The maximum Gasteiger partial charge on any atom is 0.416 e. The molecule has 11 heteroatoms. The molecule has 0 aromatic heterocycles. The van der Waals surface area contributed by atoms with E-state index in [9.17, 15) is 32.8 Å². The molecule has 0 aliphatic carbocycles. The van der Waals surface area contributed by atoms with E-state index in [4.69, 9.17) is 0 Å². The van der Waals surface area contributed by atoms with Gasteiger partial charge in [-0.2, -0.15) is 18.4 Å². The van der Waals surface area contributed by atoms with Crippen molar-refractivity contribution in [2.24, 2.45) is 5.92 Å². The standard InChI is InChI=1S/C29H26F3IN4O3/c1-17-23(26(33)38)24(19-9-7-18(15-34)8-10-19)25(27(39)36-13-12-35-11-3-6-22(35)16-36)28(40)37(17)21-5-2-4-20(14-21)29(30,31)32/h2,4-5,7-10,14,22,24-25H,3,6,11-13,16H2,1H3. The molecule has 3 aliphatic heterocycles. The van der Waals surface area contributed by atoms with Crippen LogP contribution in [0.2, 0.25) is 0 Å². The van der Waals surface area contributed by atoms with E-state index in [1.54, 1.807) is 51.8 Å². The number of amides is 2. The Balaban J connectivity index is 1.65. The number of rotatable bonds is 4. The molecule has 3 heterocycles. The smallest absolute Gasteiger partial charge is 0.339 e. The van der Waals surface area contributed by atoms with Crippen LogP contribution in [0.1, 0.15) is 42.4 Å². The normalized spacial score (nSPS) is 23.7. The highest BCUT2D eigenvalue weighted by Crippen LogP contribution is 2.45. The van der Waals surface area contributed by atoms with E-state index >= 15 is 0 Å². The van der Waals surface area contributed by atoms with Crippen molar-refractivity contribution in [2.45, 2.75) is 37.9 Å². The van der Waals surface area contributed by atoms with Crippen molar-refractivity contribution in [3.63, 3.8) is 0 Å². The number of hydrogen-bond acceptors (Lipinski definition) is 5. The summed E-state index contributed by atoms with van der Waals surface area (Å²) in [5.74, 6) is -3.47. The molecular formula is C29H26F3IN4O3. The van der Waals surface area contributed by atoms with E-state index in [1.807, 2.05) is 6.07 Å². The second-order valence-electron chi connectivity index (χ2n) is 10.3. The summed E-state index contributed by atoms with van der Waals surface area (Å²) in [4.78, 5) is 46.7. The maximum atomic E-state index is 14.3. The summed E-state index contributed by atoms with van der Waals surface area (Å²) in [6.45, 7) is 4.00. The van der Waals surface area contributed by atoms with Gasteiger partial charge in [-0.25, -0.2) is 0 Å². The molecule has 0 spiro atoms. The number of benzene rings is 2. The number of piperazine rings is 1. The third-order valence-electron chi connectivity index (χ3n) is 8.06. The van der Waals surface area contributed by atoms with Crippen molar-refractivity contribution in [3.8, 4) is 6.07 Å². The number of fused-ring (bicyclic) bond motifs is 1. The monoisotopic (exact) mass is 662 g/mol. The summed E-state index contributed by atoms with van der Waals surface area (Å²) >= 11 is 1.60. The van der Waals surface area contributed by atoms with Crippen LogP contribution in [0.3, 0.4) is 0 Å². The average Bonchev–Trinajstić information content (AvgIpc) is 3.40. The number of halogens is 4. The Morgan fingerprint density at radius 2 is 1.80 bits per heavy atom. The van der Waals surface area contributed by atoms with Gasteiger partial charge in [-0.3, -0.25) is 24.2 Å². The van der Waals surface area contributed by atoms with Gasteiger partial charge in [0, 0.05) is 71.1 Å². The van der Waals surface area contributed by atoms with Crippen molar-refractivity contribution in [2.75, 3.05) is 31.1 Å². The molecule has 3 atom stereocenters. The summed E-state index contributed by atoms with van der Waals surface area (Å²) in [6, 6.07) is 12.9. The minimum Gasteiger partial charge on any atom is -0.339 e. The number of alkyl halides is 3. The molecule has 7 nitrogen and oxygen atoms in total. The minimum atomic E-state index is -4.64. The fraction of sp³-hybridized carbons (Fsp3) is 0.379. The van der Waals surface area contributed by atoms with Gasteiger partial charge in [-0.05, 0) is 62.2 Å². The van der Waals surface area contributed by atoms with E-state index in [0.29, 0.717) is 30.8 Å². The van der Waals surface area contributed by atoms with E-state index in [0.717, 1.165) is 36.4 Å². The van der Waals surface area contributed by atoms with Crippen molar-refractivity contribution in [1.29, 1.82) is 5.26 Å². The van der Waals surface area contributed by atoms with E-state index in [1.165, 1.54) is 19.1 Å². The van der Waals surface area contributed by atoms with Crippen molar-refractivity contribution in [3.05, 3.63) is 76.5 Å². The van der Waals surface area contributed by atoms with Gasteiger partial charge in [0.15, 0.2) is 0 Å². The average molecular weight is 662 g/mol. The molecule has 40 heavy (non-hydrogen) atoms. The summed E-state index contributed by atoms with van der Waals surface area (Å²) in [5, 5.41) is 9.27. The largest absolute Gasteiger partial charge is 0.416 e. The number of nitriles is 1. The molecule has 208 valence electrons. The number of allylic oxidation sites excluding steroid dienone is 2. The highest BCUT2D eigenvalue weighted by atomic mass is 127. The van der Waals surface area contributed by atoms with Crippen LogP contribution in [-0.2, 0) is 20.6 Å². The lowest BCUT2D eigenvalue weighted by molar-refractivity contribution is -0.144. The fourth-order valence-electron chi connectivity index (χ4n) is 6.13. The molecule has 0 bridgehead atoms. The first-order valence-electron chi connectivity index (χ1n) is 13.0. The molecule has 0 saturated carbocycles. The molecule has 2 aromatic carbocycles. The minimum absolute atomic E-state index is 0.0656. The van der Waals surface area contributed by atoms with Crippen molar-refractivity contribution < 1.29 is 27.6 Å². The highest BCUT2D eigenvalue weighted by Gasteiger charge is 2.50. The Hall–Kier alpha value is -3.24. The van der Waals surface area contributed by atoms with Gasteiger partial charge in [-0.1, -0.05) is 18.2 Å². The lowest BCUT2D eigenvalue weighted by Crippen LogP contribution is -2.57. The Labute approximate surface area is 243 Å². The third-order valence-corrected chi connectivity index (χ3v) is 8.64. The van der Waals surface area contributed by atoms with Crippen LogP contribution in [0.15, 0.2) is 59.8 Å². The zero-order valence-corrected chi connectivity index (χ0v) is 23.8. The molecule has 0 N–H and O–H groups in total. The predicted octanol–water partition coefficient (Wildman–Crippen LogP) is 4.87. The van der Waals surface area contributed by atoms with Crippen LogP contribution >= 0.6 is 22.6 Å². The zero-order chi connectivity index (χ0) is 28.8. The first-order valence-corrected chi connectivity index (χ1v) is 14.0. The van der Waals surface area contributed by atoms with Crippen LogP contribution in [-0.4, -0.2) is 57.6 Å².